The molecule has 0 aliphatic heterocycles. The van der Waals surface area contributed by atoms with Crippen LogP contribution in [0.2, 0.25) is 0 Å². The number of hydrogen-bond acceptors (Lipinski definition) is 0. The van der Waals surface area contributed by atoms with Gasteiger partial charge in [-0.15, -0.1) is 0 Å². The summed E-state index contributed by atoms with van der Waals surface area (Å²) in [6.07, 6.45) is 0. The van der Waals surface area contributed by atoms with Crippen LogP contribution in [0.15, 0.2) is 194 Å². The molecule has 0 aromatic heterocycles. The Kier molecular flexibility index (Phi) is 7.00. The van der Waals surface area contributed by atoms with Crippen molar-refractivity contribution >= 4 is 43.1 Å². The molecule has 0 nitrogen and oxygen atoms in total. The van der Waals surface area contributed by atoms with Crippen molar-refractivity contribution in [3.63, 3.8) is 0 Å². The minimum Gasteiger partial charge on any atom is -0.0616 e. The van der Waals surface area contributed by atoms with Crippen molar-refractivity contribution in [2.45, 2.75) is 19.3 Å². The summed E-state index contributed by atoms with van der Waals surface area (Å²) in [6.45, 7) is 4.80. The third kappa shape index (κ3) is 4.85. The van der Waals surface area contributed by atoms with Gasteiger partial charge >= 0.3 is 0 Å². The van der Waals surface area contributed by atoms with Crippen LogP contribution in [0.5, 0.6) is 0 Å². The lowest BCUT2D eigenvalue weighted by atomic mass is 9.77. The highest BCUT2D eigenvalue weighted by Crippen LogP contribution is 2.54. The van der Waals surface area contributed by atoms with Crippen molar-refractivity contribution in [2.75, 3.05) is 0 Å². The van der Waals surface area contributed by atoms with Crippen molar-refractivity contribution in [1.29, 1.82) is 0 Å². The topological polar surface area (TPSA) is 0 Å². The molecule has 10 aromatic rings. The predicted octanol–water partition coefficient (Wildman–Crippen LogP) is 15.3. The molecule has 10 aromatic carbocycles. The molecular formula is C55H38. The van der Waals surface area contributed by atoms with E-state index in [4.69, 9.17) is 0 Å². The first-order chi connectivity index (χ1) is 27.0. The minimum atomic E-state index is -0.128. The van der Waals surface area contributed by atoms with Gasteiger partial charge in [-0.2, -0.15) is 0 Å². The smallest absolute Gasteiger partial charge is 0.0171 e. The molecule has 55 heavy (non-hydrogen) atoms. The highest BCUT2D eigenvalue weighted by Gasteiger charge is 2.38. The van der Waals surface area contributed by atoms with Gasteiger partial charge in [0.2, 0.25) is 0 Å². The Balaban J connectivity index is 1.02. The standard InChI is InChI=1S/C55H38/c1-55(2)53-44(20-11-21-49(53)50-33-32-37-13-5-6-15-43(37)54(50)55)38-25-29-40(30-26-38)52-47-18-9-7-16-45(47)51(46-17-8-10-19-48(46)52)39-27-22-36(23-28-39)42-31-24-35-12-3-4-14-41(35)34-42/h3-34H,1-2H3. The molecule has 0 heterocycles. The number of hydrogen-bond donors (Lipinski definition) is 0. The molecule has 1 aliphatic rings. The summed E-state index contributed by atoms with van der Waals surface area (Å²) in [5.41, 5.74) is 15.5. The van der Waals surface area contributed by atoms with Gasteiger partial charge in [0.1, 0.15) is 0 Å². The summed E-state index contributed by atoms with van der Waals surface area (Å²) in [5.74, 6) is 0. The van der Waals surface area contributed by atoms with Crippen LogP contribution in [0.4, 0.5) is 0 Å². The van der Waals surface area contributed by atoms with Crippen LogP contribution >= 0.6 is 0 Å². The van der Waals surface area contributed by atoms with Gasteiger partial charge in [-0.05, 0) is 116 Å². The maximum Gasteiger partial charge on any atom is 0.0171 e. The zero-order valence-corrected chi connectivity index (χ0v) is 31.0. The second kappa shape index (κ2) is 12.1. The molecule has 0 saturated carbocycles. The summed E-state index contributed by atoms with van der Waals surface area (Å²) >= 11 is 0. The van der Waals surface area contributed by atoms with E-state index in [2.05, 4.69) is 208 Å². The summed E-state index contributed by atoms with van der Waals surface area (Å²) in [6, 6.07) is 72.0. The largest absolute Gasteiger partial charge is 0.0616 e. The van der Waals surface area contributed by atoms with Crippen molar-refractivity contribution in [3.05, 3.63) is 205 Å². The van der Waals surface area contributed by atoms with Gasteiger partial charge in [0.15, 0.2) is 0 Å². The molecule has 0 amide bonds. The van der Waals surface area contributed by atoms with E-state index in [0.29, 0.717) is 0 Å². The summed E-state index contributed by atoms with van der Waals surface area (Å²) in [4.78, 5) is 0. The van der Waals surface area contributed by atoms with Crippen molar-refractivity contribution in [3.8, 4) is 55.6 Å². The van der Waals surface area contributed by atoms with Gasteiger partial charge in [-0.3, -0.25) is 0 Å². The third-order valence-electron chi connectivity index (χ3n) is 12.2. The Hall–Kier alpha value is -6.76. The molecule has 11 rings (SSSR count). The van der Waals surface area contributed by atoms with E-state index < -0.39 is 0 Å². The maximum atomic E-state index is 2.40. The number of benzene rings is 10. The Morgan fingerprint density at radius 3 is 1.33 bits per heavy atom. The Labute approximate surface area is 322 Å². The third-order valence-corrected chi connectivity index (χ3v) is 12.2. The SMILES string of the molecule is CC1(C)c2c(-c3ccc(-c4c5ccccc5c(-c5ccc(-c6ccc7ccccc7c6)cc5)c5ccccc45)cc3)cccc2-c2ccc3ccccc3c21. The molecule has 0 N–H and O–H groups in total. The van der Waals surface area contributed by atoms with E-state index in [0.717, 1.165) is 0 Å². The monoisotopic (exact) mass is 698 g/mol. The Morgan fingerprint density at radius 1 is 0.273 bits per heavy atom. The van der Waals surface area contributed by atoms with Crippen LogP contribution in [0.1, 0.15) is 25.0 Å². The first-order valence-electron chi connectivity index (χ1n) is 19.3. The van der Waals surface area contributed by atoms with Crippen LogP contribution in [0.25, 0.3) is 98.7 Å². The van der Waals surface area contributed by atoms with Crippen LogP contribution in [0, 0.1) is 0 Å². The summed E-state index contributed by atoms with van der Waals surface area (Å²) in [5, 5.41) is 10.3. The molecule has 1 aliphatic carbocycles. The molecule has 258 valence electrons. The zero-order valence-electron chi connectivity index (χ0n) is 31.0. The van der Waals surface area contributed by atoms with Crippen LogP contribution in [-0.4, -0.2) is 0 Å². The summed E-state index contributed by atoms with van der Waals surface area (Å²) < 4.78 is 0. The van der Waals surface area contributed by atoms with Crippen LogP contribution in [0.3, 0.4) is 0 Å². The molecule has 0 saturated heterocycles. The minimum absolute atomic E-state index is 0.128. The second-order valence-electron chi connectivity index (χ2n) is 15.6. The van der Waals surface area contributed by atoms with Crippen molar-refractivity contribution < 1.29 is 0 Å². The summed E-state index contributed by atoms with van der Waals surface area (Å²) in [7, 11) is 0. The van der Waals surface area contributed by atoms with E-state index in [-0.39, 0.29) is 5.41 Å². The van der Waals surface area contributed by atoms with Gasteiger partial charge in [-0.25, -0.2) is 0 Å². The molecule has 0 unspecified atom stereocenters. The van der Waals surface area contributed by atoms with E-state index in [1.54, 1.807) is 0 Å². The average Bonchev–Trinajstić information content (AvgIpc) is 3.49. The van der Waals surface area contributed by atoms with Gasteiger partial charge in [-0.1, -0.05) is 202 Å². The molecular weight excluding hydrogens is 661 g/mol. The second-order valence-corrected chi connectivity index (χ2v) is 15.6. The van der Waals surface area contributed by atoms with Gasteiger partial charge in [0.05, 0.1) is 0 Å². The van der Waals surface area contributed by atoms with E-state index in [1.165, 1.54) is 110 Å². The molecule has 0 spiro atoms. The lowest BCUT2D eigenvalue weighted by molar-refractivity contribution is 0.668. The first-order valence-corrected chi connectivity index (χ1v) is 19.3. The Morgan fingerprint density at radius 2 is 0.709 bits per heavy atom. The average molecular weight is 699 g/mol. The predicted molar refractivity (Wildman–Crippen MR) is 236 cm³/mol. The number of rotatable bonds is 4. The fourth-order valence-corrected chi connectivity index (χ4v) is 9.75. The fraction of sp³-hybridized carbons (Fsp3) is 0.0545. The Bertz CT molecular complexity index is 3080. The maximum absolute atomic E-state index is 2.40. The highest BCUT2D eigenvalue weighted by atomic mass is 14.4. The van der Waals surface area contributed by atoms with Crippen molar-refractivity contribution in [1.82, 2.24) is 0 Å². The van der Waals surface area contributed by atoms with Crippen LogP contribution in [-0.2, 0) is 5.41 Å². The molecule has 0 radical (unpaired) electrons. The molecule has 0 bridgehead atoms. The molecule has 0 heteroatoms. The quantitative estimate of drug-likeness (QED) is 0.161. The molecule has 0 fully saturated rings. The van der Waals surface area contributed by atoms with E-state index in [9.17, 15) is 0 Å². The zero-order chi connectivity index (χ0) is 36.7. The van der Waals surface area contributed by atoms with Crippen molar-refractivity contribution in [2.24, 2.45) is 0 Å². The van der Waals surface area contributed by atoms with Gasteiger partial charge in [0, 0.05) is 5.41 Å². The molecule has 0 atom stereocenters. The first kappa shape index (κ1) is 31.7. The normalized spacial score (nSPS) is 13.1. The highest BCUT2D eigenvalue weighted by molar-refractivity contribution is 6.21. The van der Waals surface area contributed by atoms with Crippen LogP contribution < -0.4 is 0 Å². The van der Waals surface area contributed by atoms with E-state index >= 15 is 0 Å². The fourth-order valence-electron chi connectivity index (χ4n) is 9.75. The number of fused-ring (bicyclic) bond motifs is 8. The van der Waals surface area contributed by atoms with Gasteiger partial charge in [0.25, 0.3) is 0 Å². The lowest BCUT2D eigenvalue weighted by Crippen LogP contribution is -2.16. The van der Waals surface area contributed by atoms with Gasteiger partial charge < -0.3 is 0 Å². The lowest BCUT2D eigenvalue weighted by Gasteiger charge is -2.26. The van der Waals surface area contributed by atoms with E-state index in [1.807, 2.05) is 0 Å².